The lowest BCUT2D eigenvalue weighted by atomic mass is 9.37. The van der Waals surface area contributed by atoms with Gasteiger partial charge in [-0.25, -0.2) is 14.2 Å². The Morgan fingerprint density at radius 2 is 1.44 bits per heavy atom. The number of nitrogens with two attached hydrogens (primary N) is 1. The lowest BCUT2D eigenvalue weighted by molar-refractivity contribution is -0.222. The fourth-order valence-corrected chi connectivity index (χ4v) is 9.40. The number of carbonyl (C=O) groups excluding carboxylic acids is 2. The third kappa shape index (κ3) is 8.16. The van der Waals surface area contributed by atoms with Crippen LogP contribution in [0.2, 0.25) is 0 Å². The van der Waals surface area contributed by atoms with Crippen LogP contribution in [0, 0.1) is 47.2 Å². The molecule has 0 saturated carbocycles. The molecule has 2 aromatic carbocycles. The van der Waals surface area contributed by atoms with Gasteiger partial charge in [0.25, 0.3) is 11.5 Å². The molecule has 6 N–H and O–H groups in total. The van der Waals surface area contributed by atoms with Gasteiger partial charge in [-0.2, -0.15) is 0 Å². The molecule has 15 heteroatoms. The van der Waals surface area contributed by atoms with Crippen LogP contribution >= 0.6 is 0 Å². The minimum Gasteiger partial charge on any atom is -0.481 e. The summed E-state index contributed by atoms with van der Waals surface area (Å²) in [7, 11) is 2.72. The van der Waals surface area contributed by atoms with Gasteiger partial charge in [0.2, 0.25) is 5.54 Å². The first-order chi connectivity index (χ1) is 25.9. The molecule has 0 aliphatic carbocycles. The van der Waals surface area contributed by atoms with Crippen LogP contribution in [0.5, 0.6) is 0 Å². The van der Waals surface area contributed by atoms with Crippen molar-refractivity contribution in [2.24, 2.45) is 33.3 Å². The first kappa shape index (κ1) is 46.2. The number of fused-ring (bicyclic) bond motifs is 1. The van der Waals surface area contributed by atoms with Crippen molar-refractivity contribution in [3.05, 3.63) is 69.0 Å². The van der Waals surface area contributed by atoms with Crippen LogP contribution in [0.4, 0.5) is 10.1 Å². The van der Waals surface area contributed by atoms with Gasteiger partial charge in [0.1, 0.15) is 17.7 Å². The predicted octanol–water partition coefficient (Wildman–Crippen LogP) is 5.80. The van der Waals surface area contributed by atoms with E-state index < -0.39 is 93.0 Å². The number of aryl methyl sites for hydroxylation is 2. The Kier molecular flexibility index (Phi) is 13.0. The zero-order chi connectivity index (χ0) is 44.0. The van der Waals surface area contributed by atoms with Crippen LogP contribution in [0.1, 0.15) is 102 Å². The average molecular weight is 796 g/mol. The quantitative estimate of drug-likeness (QED) is 0.122. The second-order valence-corrected chi connectivity index (χ2v) is 18.2. The van der Waals surface area contributed by atoms with Gasteiger partial charge < -0.3 is 35.8 Å². The molecule has 0 aliphatic heterocycles. The Bertz CT molecular complexity index is 2130. The molecule has 0 bridgehead atoms. The number of nitrogens with zero attached hydrogens (tertiary/aromatic N) is 3. The molecule has 0 saturated heterocycles. The van der Waals surface area contributed by atoms with Gasteiger partial charge in [0.15, 0.2) is 5.78 Å². The summed E-state index contributed by atoms with van der Waals surface area (Å²) in [5.74, 6) is -9.33. The van der Waals surface area contributed by atoms with E-state index in [0.717, 1.165) is 30.3 Å². The highest BCUT2D eigenvalue weighted by molar-refractivity contribution is 6.14. The maximum absolute atomic E-state index is 16.4. The lowest BCUT2D eigenvalue weighted by Crippen LogP contribution is -2.79. The summed E-state index contributed by atoms with van der Waals surface area (Å²) < 4.78 is 16.4. The number of halogens is 1. The fourth-order valence-electron chi connectivity index (χ4n) is 9.40. The van der Waals surface area contributed by atoms with Gasteiger partial charge in [-0.3, -0.25) is 24.0 Å². The number of aromatic amines is 1. The first-order valence-electron chi connectivity index (χ1n) is 18.7. The third-order valence-corrected chi connectivity index (χ3v) is 11.3. The summed E-state index contributed by atoms with van der Waals surface area (Å²) in [6.45, 7) is 18.2. The van der Waals surface area contributed by atoms with E-state index in [1.54, 1.807) is 93.3 Å². The number of H-pyrrole nitrogens is 1. The van der Waals surface area contributed by atoms with Crippen molar-refractivity contribution in [1.29, 1.82) is 0 Å². The fraction of sp³-hybridized carbons (Fsp3) is 0.548. The Labute approximate surface area is 332 Å². The number of Topliss-reactive ketones (excluding diaryl/α,β-unsaturated/α-hetero) is 1. The van der Waals surface area contributed by atoms with E-state index in [2.05, 4.69) is 9.97 Å². The molecule has 1 amide bonds. The zero-order valence-electron chi connectivity index (χ0n) is 35.3. The van der Waals surface area contributed by atoms with Crippen LogP contribution in [-0.4, -0.2) is 85.5 Å². The molecular weight excluding hydrogens is 737 g/mol. The summed E-state index contributed by atoms with van der Waals surface area (Å²) in [5, 5.41) is 32.5. The molecule has 3 aromatic rings. The zero-order valence-corrected chi connectivity index (χ0v) is 35.3. The van der Waals surface area contributed by atoms with E-state index in [-0.39, 0.29) is 12.1 Å². The van der Waals surface area contributed by atoms with E-state index >= 15 is 9.18 Å². The molecule has 0 aliphatic rings. The smallest absolute Gasteiger partial charge is 0.338 e. The number of likely N-dealkylation sites (N-methyl/N-ethyl adjacent to an activating group) is 1. The Morgan fingerprint density at radius 1 is 0.877 bits per heavy atom. The van der Waals surface area contributed by atoms with Crippen molar-refractivity contribution in [3.63, 3.8) is 0 Å². The van der Waals surface area contributed by atoms with E-state index in [4.69, 9.17) is 5.73 Å². The number of hydrogen-bond donors (Lipinski definition) is 5. The topological polar surface area (TPSA) is 224 Å². The second-order valence-electron chi connectivity index (χ2n) is 18.2. The monoisotopic (exact) mass is 795 g/mol. The Hall–Kier alpha value is -5.18. The number of hydrogen-bond acceptors (Lipinski definition) is 9. The second kappa shape index (κ2) is 16.0. The van der Waals surface area contributed by atoms with E-state index in [1.165, 1.54) is 6.07 Å². The number of aromatic nitrogens is 2. The number of amides is 1. The van der Waals surface area contributed by atoms with Crippen molar-refractivity contribution >= 4 is 46.2 Å². The summed E-state index contributed by atoms with van der Waals surface area (Å²) in [4.78, 5) is 91.4. The van der Waals surface area contributed by atoms with E-state index in [9.17, 15) is 39.3 Å². The Balaban J connectivity index is 2.32. The molecule has 0 radical (unpaired) electrons. The van der Waals surface area contributed by atoms with Crippen LogP contribution in [0.3, 0.4) is 0 Å². The molecule has 3 rings (SSSR count). The number of nitrogens with one attached hydrogen (secondary N) is 1. The molecular formula is C42H58FN5O9. The number of carbonyl (C=O) groups is 5. The summed E-state index contributed by atoms with van der Waals surface area (Å²) >= 11 is 0. The number of ketones is 1. The molecule has 1 unspecified atom stereocenters. The molecule has 1 heterocycles. The minimum atomic E-state index is -3.03. The SMILES string of the molecule is Cc1nc2cc(C)c(CN(C)c3ccc(C(=O)N(C)[C@@](C(=O)O)(C(=O)CC[C@H](N)C(=O)O)C(C(C(=O)O)C(C)(C)C)(C(C)(C)C)C(C)(C)C)c(F)c3)cc2c(=O)[nH]1. The van der Waals surface area contributed by atoms with Crippen molar-refractivity contribution < 1.29 is 43.7 Å². The molecule has 3 atom stereocenters. The summed E-state index contributed by atoms with van der Waals surface area (Å²) in [5.41, 5.74) is -1.94. The van der Waals surface area contributed by atoms with E-state index in [1.807, 2.05) is 6.92 Å². The number of carboxylic acids is 3. The number of anilines is 1. The average Bonchev–Trinajstić information content (AvgIpc) is 3.04. The van der Waals surface area contributed by atoms with Crippen LogP contribution in [0.25, 0.3) is 10.9 Å². The normalized spacial score (nSPS) is 14.7. The lowest BCUT2D eigenvalue weighted by Gasteiger charge is -2.67. The molecule has 14 nitrogen and oxygen atoms in total. The number of benzene rings is 2. The maximum Gasteiger partial charge on any atom is 0.338 e. The van der Waals surface area contributed by atoms with Gasteiger partial charge in [-0.15, -0.1) is 0 Å². The minimum absolute atomic E-state index is 0.222. The van der Waals surface area contributed by atoms with Crippen LogP contribution in [-0.2, 0) is 25.7 Å². The van der Waals surface area contributed by atoms with Crippen molar-refractivity contribution in [1.82, 2.24) is 14.9 Å². The number of rotatable bonds is 14. The number of aliphatic carboxylic acids is 3. The van der Waals surface area contributed by atoms with Gasteiger partial charge in [0, 0.05) is 38.2 Å². The van der Waals surface area contributed by atoms with Crippen LogP contribution in [0.15, 0.2) is 35.1 Å². The van der Waals surface area contributed by atoms with Gasteiger partial charge in [0.05, 0.1) is 22.4 Å². The molecule has 0 fully saturated rings. The summed E-state index contributed by atoms with van der Waals surface area (Å²) in [6.07, 6.45) is -1.29. The van der Waals surface area contributed by atoms with E-state index in [0.29, 0.717) is 27.3 Å². The third-order valence-electron chi connectivity index (χ3n) is 11.3. The van der Waals surface area contributed by atoms with Gasteiger partial charge in [-0.1, -0.05) is 62.3 Å². The highest BCUT2D eigenvalue weighted by Crippen LogP contribution is 2.67. The Morgan fingerprint density at radius 3 is 1.89 bits per heavy atom. The maximum atomic E-state index is 16.4. The van der Waals surface area contributed by atoms with Crippen molar-refractivity contribution in [3.8, 4) is 0 Å². The summed E-state index contributed by atoms with van der Waals surface area (Å²) in [6, 6.07) is 5.61. The van der Waals surface area contributed by atoms with Crippen molar-refractivity contribution in [2.45, 2.75) is 107 Å². The molecule has 57 heavy (non-hydrogen) atoms. The standard InChI is InChI=1S/C42H58FN5O9/c1-22-18-30-27(33(50)46-23(2)45-30)19-24(22)21-47(12)25-14-15-26(28(43)20-25)34(51)48(13)41(37(56)57,31(49)17-16-29(44)35(52)53)42(39(6,7)8,40(9,10)11)32(36(54)55)38(3,4)5/h14-15,18-20,29,32H,16-17,21,44H2,1-13H3,(H,52,53)(H,54,55)(H,56,57)(H,45,46,50)/t29-,32?,41+/m0/s1. The van der Waals surface area contributed by atoms with Crippen molar-refractivity contribution in [2.75, 3.05) is 19.0 Å². The predicted molar refractivity (Wildman–Crippen MR) is 215 cm³/mol. The first-order valence-corrected chi connectivity index (χ1v) is 18.7. The van der Waals surface area contributed by atoms with Gasteiger partial charge >= 0.3 is 17.9 Å². The molecule has 1 aromatic heterocycles. The molecule has 0 spiro atoms. The highest BCUT2D eigenvalue weighted by atomic mass is 19.1. The van der Waals surface area contributed by atoms with Gasteiger partial charge in [-0.05, 0) is 78.0 Å². The molecule has 312 valence electrons. The highest BCUT2D eigenvalue weighted by Gasteiger charge is 2.77. The van der Waals surface area contributed by atoms with Crippen LogP contribution < -0.4 is 16.2 Å². The number of carboxylic acid groups (broad SMARTS) is 3. The largest absolute Gasteiger partial charge is 0.481 e.